The normalized spacial score (nSPS) is 11.9. The quantitative estimate of drug-likeness (QED) is 0.306. The smallest absolute Gasteiger partial charge is 0.313 e. The van der Waals surface area contributed by atoms with Gasteiger partial charge in [0.15, 0.2) is 11.5 Å². The topological polar surface area (TPSA) is 116 Å². The van der Waals surface area contributed by atoms with Gasteiger partial charge in [-0.3, -0.25) is 4.79 Å². The van der Waals surface area contributed by atoms with Gasteiger partial charge in [-0.1, -0.05) is 48.5 Å². The van der Waals surface area contributed by atoms with Crippen LogP contribution in [0.1, 0.15) is 36.2 Å². The van der Waals surface area contributed by atoms with Gasteiger partial charge in [0.05, 0.1) is 18.9 Å². The van der Waals surface area contributed by atoms with Crippen molar-refractivity contribution in [2.75, 3.05) is 12.3 Å². The average molecular weight is 431 g/mol. The van der Waals surface area contributed by atoms with Crippen molar-refractivity contribution in [3.8, 4) is 5.75 Å². The molecular formula is C24H25N5O3. The molecule has 0 bridgehead atoms. The van der Waals surface area contributed by atoms with Gasteiger partial charge in [0.2, 0.25) is 0 Å². The fraction of sp³-hybridized carbons (Fsp3) is 0.250. The van der Waals surface area contributed by atoms with Gasteiger partial charge >= 0.3 is 5.97 Å². The molecule has 3 N–H and O–H groups in total. The molecule has 0 saturated carbocycles. The van der Waals surface area contributed by atoms with Crippen molar-refractivity contribution in [2.24, 2.45) is 0 Å². The first-order chi connectivity index (χ1) is 15.6. The number of H-pyrrole nitrogens is 1. The molecule has 32 heavy (non-hydrogen) atoms. The molecule has 4 rings (SSSR count). The van der Waals surface area contributed by atoms with Crippen LogP contribution in [0.5, 0.6) is 5.75 Å². The number of fused-ring (bicyclic) bond motifs is 1. The number of rotatable bonds is 9. The molecule has 2 heterocycles. The zero-order valence-electron chi connectivity index (χ0n) is 17.8. The van der Waals surface area contributed by atoms with E-state index < -0.39 is 5.92 Å². The molecule has 2 aromatic heterocycles. The second-order valence-electron chi connectivity index (χ2n) is 7.43. The number of esters is 1. The second kappa shape index (κ2) is 9.91. The molecule has 4 aromatic rings. The van der Waals surface area contributed by atoms with Crippen LogP contribution in [0.4, 0.5) is 5.82 Å². The number of nitrogens with two attached hydrogens (primary N) is 1. The summed E-state index contributed by atoms with van der Waals surface area (Å²) in [5, 5.41) is 0. The van der Waals surface area contributed by atoms with Crippen molar-refractivity contribution < 1.29 is 14.3 Å². The summed E-state index contributed by atoms with van der Waals surface area (Å²) >= 11 is 0. The molecule has 2 aromatic carbocycles. The molecule has 0 spiro atoms. The summed E-state index contributed by atoms with van der Waals surface area (Å²) in [5.74, 6) is 0.939. The zero-order valence-corrected chi connectivity index (χ0v) is 17.8. The molecule has 0 radical (unpaired) electrons. The number of hydrogen-bond acceptors (Lipinski definition) is 7. The number of aromatic nitrogens is 4. The van der Waals surface area contributed by atoms with E-state index in [1.807, 2.05) is 61.5 Å². The van der Waals surface area contributed by atoms with Crippen LogP contribution >= 0.6 is 0 Å². The minimum atomic E-state index is -0.444. The number of hydrogen-bond donors (Lipinski definition) is 2. The van der Waals surface area contributed by atoms with E-state index in [9.17, 15) is 4.79 Å². The fourth-order valence-electron chi connectivity index (χ4n) is 3.38. The first kappa shape index (κ1) is 21.3. The molecule has 8 heteroatoms. The maximum Gasteiger partial charge on any atom is 0.313 e. The second-order valence-corrected chi connectivity index (χ2v) is 7.43. The number of carbonyl (C=O) groups is 1. The molecule has 0 saturated heterocycles. The van der Waals surface area contributed by atoms with Gasteiger partial charge in [-0.05, 0) is 25.0 Å². The van der Waals surface area contributed by atoms with Gasteiger partial charge in [0.25, 0.3) is 0 Å². The molecule has 0 aliphatic rings. The molecule has 0 fully saturated rings. The Morgan fingerprint density at radius 3 is 2.72 bits per heavy atom. The van der Waals surface area contributed by atoms with Crippen molar-refractivity contribution in [2.45, 2.75) is 32.3 Å². The van der Waals surface area contributed by atoms with Gasteiger partial charge in [-0.2, -0.15) is 0 Å². The number of nitrogen functional groups attached to an aromatic ring is 1. The highest BCUT2D eigenvalue weighted by Crippen LogP contribution is 2.28. The monoisotopic (exact) mass is 431 g/mol. The van der Waals surface area contributed by atoms with Gasteiger partial charge in [-0.15, -0.1) is 0 Å². The van der Waals surface area contributed by atoms with Crippen LogP contribution in [0.3, 0.4) is 0 Å². The number of nitrogens with one attached hydrogen (secondary N) is 1. The molecule has 0 aliphatic carbocycles. The third kappa shape index (κ3) is 5.03. The largest absolute Gasteiger partial charge is 0.493 e. The van der Waals surface area contributed by atoms with Crippen molar-refractivity contribution in [1.29, 1.82) is 0 Å². The number of carbonyl (C=O) groups excluding carboxylic acids is 1. The van der Waals surface area contributed by atoms with E-state index in [4.69, 9.17) is 15.2 Å². The Morgan fingerprint density at radius 2 is 1.88 bits per heavy atom. The van der Waals surface area contributed by atoms with E-state index in [0.29, 0.717) is 48.0 Å². The highest BCUT2D eigenvalue weighted by atomic mass is 16.5. The summed E-state index contributed by atoms with van der Waals surface area (Å²) in [7, 11) is 0. The van der Waals surface area contributed by atoms with Crippen molar-refractivity contribution in [3.05, 3.63) is 77.9 Å². The Bertz CT molecular complexity index is 1190. The predicted molar refractivity (Wildman–Crippen MR) is 121 cm³/mol. The van der Waals surface area contributed by atoms with Gasteiger partial charge in [0, 0.05) is 12.0 Å². The Labute approximate surface area is 185 Å². The van der Waals surface area contributed by atoms with Crippen molar-refractivity contribution in [1.82, 2.24) is 19.9 Å². The summed E-state index contributed by atoms with van der Waals surface area (Å²) in [6, 6.07) is 17.1. The van der Waals surface area contributed by atoms with Crippen molar-refractivity contribution in [3.63, 3.8) is 0 Å². The van der Waals surface area contributed by atoms with Gasteiger partial charge < -0.3 is 20.2 Å². The predicted octanol–water partition coefficient (Wildman–Crippen LogP) is 3.79. The lowest BCUT2D eigenvalue weighted by molar-refractivity contribution is -0.146. The Balaban J connectivity index is 1.32. The maximum atomic E-state index is 12.6. The number of aryl methyl sites for hydroxylation is 1. The SMILES string of the molecule is C[C@H](C(=O)OCc1ccccc1)c1ccccc1OCCCc1nc(N)c2[nH]cnc2n1. The molecule has 0 amide bonds. The minimum absolute atomic E-state index is 0.247. The highest BCUT2D eigenvalue weighted by molar-refractivity contribution is 5.80. The van der Waals surface area contributed by atoms with E-state index in [0.717, 1.165) is 11.1 Å². The number of benzene rings is 2. The number of anilines is 1. The molecular weight excluding hydrogens is 406 g/mol. The lowest BCUT2D eigenvalue weighted by Crippen LogP contribution is -2.14. The molecule has 164 valence electrons. The summed E-state index contributed by atoms with van der Waals surface area (Å²) in [5.41, 5.74) is 8.89. The van der Waals surface area contributed by atoms with E-state index in [2.05, 4.69) is 19.9 Å². The highest BCUT2D eigenvalue weighted by Gasteiger charge is 2.20. The third-order valence-corrected chi connectivity index (χ3v) is 5.13. The first-order valence-electron chi connectivity index (χ1n) is 10.5. The van der Waals surface area contributed by atoms with E-state index in [1.165, 1.54) is 0 Å². The fourth-order valence-corrected chi connectivity index (χ4v) is 3.38. The van der Waals surface area contributed by atoms with Crippen LogP contribution in [0, 0.1) is 0 Å². The van der Waals surface area contributed by atoms with Crippen LogP contribution in [0.15, 0.2) is 60.9 Å². The van der Waals surface area contributed by atoms with E-state index in [1.54, 1.807) is 6.33 Å². The number of ether oxygens (including phenoxy) is 2. The van der Waals surface area contributed by atoms with Crippen molar-refractivity contribution >= 4 is 23.0 Å². The van der Waals surface area contributed by atoms with Crippen LogP contribution in [-0.2, 0) is 22.6 Å². The Kier molecular flexibility index (Phi) is 6.60. The van der Waals surface area contributed by atoms with Crippen LogP contribution in [0.2, 0.25) is 0 Å². The lowest BCUT2D eigenvalue weighted by Gasteiger charge is -2.16. The maximum absolute atomic E-state index is 12.6. The summed E-state index contributed by atoms with van der Waals surface area (Å²) < 4.78 is 11.5. The Morgan fingerprint density at radius 1 is 1.09 bits per heavy atom. The van der Waals surface area contributed by atoms with E-state index in [-0.39, 0.29) is 12.6 Å². The minimum Gasteiger partial charge on any atom is -0.493 e. The zero-order chi connectivity index (χ0) is 22.3. The third-order valence-electron chi connectivity index (χ3n) is 5.13. The number of aromatic amines is 1. The number of para-hydroxylation sites is 1. The standard InChI is InChI=1S/C24H25N5O3/c1-16(24(30)32-14-17-8-3-2-4-9-17)18-10-5-6-11-19(18)31-13-7-12-20-28-22(25)21-23(29-20)27-15-26-21/h2-6,8-11,15-16H,7,12-14H2,1H3,(H3,25,26,27,28,29)/t16-/m0/s1. The summed E-state index contributed by atoms with van der Waals surface area (Å²) in [6.07, 6.45) is 2.84. The number of nitrogens with zero attached hydrogens (tertiary/aromatic N) is 3. The molecule has 1 atom stereocenters. The lowest BCUT2D eigenvalue weighted by atomic mass is 10.0. The average Bonchev–Trinajstić information content (AvgIpc) is 3.30. The summed E-state index contributed by atoms with van der Waals surface area (Å²) in [6.45, 7) is 2.52. The first-order valence-corrected chi connectivity index (χ1v) is 10.5. The molecule has 8 nitrogen and oxygen atoms in total. The van der Waals surface area contributed by atoms with E-state index >= 15 is 0 Å². The Hall–Kier alpha value is -3.94. The van der Waals surface area contributed by atoms with Crippen LogP contribution in [0.25, 0.3) is 11.2 Å². The van der Waals surface area contributed by atoms with Crippen LogP contribution in [-0.4, -0.2) is 32.5 Å². The molecule has 0 aliphatic heterocycles. The van der Waals surface area contributed by atoms with Crippen LogP contribution < -0.4 is 10.5 Å². The molecule has 0 unspecified atom stereocenters. The number of imidazole rings is 1. The van der Waals surface area contributed by atoms with Gasteiger partial charge in [-0.25, -0.2) is 15.0 Å². The van der Waals surface area contributed by atoms with Gasteiger partial charge in [0.1, 0.15) is 23.7 Å². The summed E-state index contributed by atoms with van der Waals surface area (Å²) in [4.78, 5) is 28.4.